The third-order valence-electron chi connectivity index (χ3n) is 3.16. The lowest BCUT2D eigenvalue weighted by Crippen LogP contribution is -2.38. The lowest BCUT2D eigenvalue weighted by molar-refractivity contribution is -0.138. The van der Waals surface area contributed by atoms with Gasteiger partial charge in [0.2, 0.25) is 0 Å². The van der Waals surface area contributed by atoms with Crippen LogP contribution in [0.3, 0.4) is 0 Å². The number of carbonyl (C=O) groups is 2. The van der Waals surface area contributed by atoms with Gasteiger partial charge in [0, 0.05) is 11.3 Å². The highest BCUT2D eigenvalue weighted by Crippen LogP contribution is 2.22. The van der Waals surface area contributed by atoms with Crippen LogP contribution in [0.15, 0.2) is 24.3 Å². The molecule has 0 saturated heterocycles. The molecule has 0 aliphatic rings. The summed E-state index contributed by atoms with van der Waals surface area (Å²) < 4.78 is 5.15. The number of carbonyl (C=O) groups excluding carboxylic acids is 1. The number of nitrogens with one attached hydrogen (secondary N) is 2. The van der Waals surface area contributed by atoms with Gasteiger partial charge in [-0.05, 0) is 26.0 Å². The van der Waals surface area contributed by atoms with Crippen LogP contribution in [0, 0.1) is 6.92 Å². The Hall–Kier alpha value is -2.83. The summed E-state index contributed by atoms with van der Waals surface area (Å²) in [6, 6.07) is 6.27. The molecule has 7 nitrogen and oxygen atoms in total. The van der Waals surface area contributed by atoms with Gasteiger partial charge in [0.1, 0.15) is 23.3 Å². The second kappa shape index (κ2) is 6.30. The van der Waals surface area contributed by atoms with E-state index in [9.17, 15) is 9.59 Å². The number of aromatic amines is 1. The molecule has 3 N–H and O–H groups in total. The normalized spacial score (nSPS) is 11.8. The van der Waals surface area contributed by atoms with Crippen molar-refractivity contribution in [1.29, 1.82) is 0 Å². The van der Waals surface area contributed by atoms with Crippen LogP contribution in [0.1, 0.15) is 23.1 Å². The van der Waals surface area contributed by atoms with Crippen LogP contribution in [0.4, 0.5) is 0 Å². The largest absolute Gasteiger partial charge is 0.497 e. The number of aromatic nitrogens is 2. The van der Waals surface area contributed by atoms with Gasteiger partial charge in [-0.2, -0.15) is 0 Å². The van der Waals surface area contributed by atoms with Crippen molar-refractivity contribution in [2.75, 3.05) is 7.11 Å². The van der Waals surface area contributed by atoms with Crippen LogP contribution in [0.25, 0.3) is 11.4 Å². The van der Waals surface area contributed by atoms with Crippen molar-refractivity contribution in [3.8, 4) is 17.1 Å². The summed E-state index contributed by atoms with van der Waals surface area (Å²) in [4.78, 5) is 30.1. The van der Waals surface area contributed by atoms with Crippen molar-refractivity contribution >= 4 is 11.9 Å². The summed E-state index contributed by atoms with van der Waals surface area (Å²) in [5.41, 5.74) is 1.51. The standard InChI is InChI=1S/C15H17N3O4/c1-8-12(14(19)17-9(2)15(20)21)18-13(16-8)10-5-4-6-11(7-10)22-3/h4-7,9H,1-3H3,(H,16,18)(H,17,19)(H,20,21)/t9-/m0/s1. The van der Waals surface area contributed by atoms with E-state index < -0.39 is 17.9 Å². The average Bonchev–Trinajstić information content (AvgIpc) is 2.89. The van der Waals surface area contributed by atoms with E-state index in [1.165, 1.54) is 6.92 Å². The molecule has 116 valence electrons. The van der Waals surface area contributed by atoms with Crippen molar-refractivity contribution < 1.29 is 19.4 Å². The van der Waals surface area contributed by atoms with Gasteiger partial charge < -0.3 is 20.1 Å². The number of hydrogen-bond donors (Lipinski definition) is 3. The monoisotopic (exact) mass is 303 g/mol. The van der Waals surface area contributed by atoms with Crippen LogP contribution in [-0.4, -0.2) is 40.1 Å². The number of rotatable bonds is 5. The Morgan fingerprint density at radius 2 is 2.14 bits per heavy atom. The van der Waals surface area contributed by atoms with Crippen molar-refractivity contribution in [2.24, 2.45) is 0 Å². The highest BCUT2D eigenvalue weighted by Gasteiger charge is 2.20. The highest BCUT2D eigenvalue weighted by molar-refractivity contribution is 5.96. The maximum atomic E-state index is 12.1. The molecular formula is C15H17N3O4. The number of amides is 1. The summed E-state index contributed by atoms with van der Waals surface area (Å²) in [7, 11) is 1.57. The fraction of sp³-hybridized carbons (Fsp3) is 0.267. The lowest BCUT2D eigenvalue weighted by atomic mass is 10.2. The maximum Gasteiger partial charge on any atom is 0.325 e. The van der Waals surface area contributed by atoms with E-state index >= 15 is 0 Å². The molecule has 2 rings (SSSR count). The SMILES string of the molecule is COc1cccc(-c2nc(C(=O)N[C@@H](C)C(=O)O)c(C)[nH]2)c1. The summed E-state index contributed by atoms with van der Waals surface area (Å²) in [6.07, 6.45) is 0. The fourth-order valence-corrected chi connectivity index (χ4v) is 1.92. The molecule has 1 atom stereocenters. The molecule has 0 saturated carbocycles. The zero-order valence-corrected chi connectivity index (χ0v) is 12.5. The van der Waals surface area contributed by atoms with Crippen LogP contribution in [0.2, 0.25) is 0 Å². The van der Waals surface area contributed by atoms with Gasteiger partial charge in [-0.25, -0.2) is 4.98 Å². The van der Waals surface area contributed by atoms with Crippen molar-refractivity contribution in [2.45, 2.75) is 19.9 Å². The van der Waals surface area contributed by atoms with Gasteiger partial charge in [0.05, 0.1) is 7.11 Å². The number of benzene rings is 1. The first kappa shape index (κ1) is 15.6. The number of methoxy groups -OCH3 is 1. The third kappa shape index (κ3) is 3.25. The maximum absolute atomic E-state index is 12.1. The van der Waals surface area contributed by atoms with E-state index in [4.69, 9.17) is 9.84 Å². The van der Waals surface area contributed by atoms with Crippen molar-refractivity contribution in [3.63, 3.8) is 0 Å². The summed E-state index contributed by atoms with van der Waals surface area (Å²) in [6.45, 7) is 3.10. The third-order valence-corrected chi connectivity index (χ3v) is 3.16. The molecule has 0 unspecified atom stereocenters. The number of ether oxygens (including phenoxy) is 1. The molecule has 0 aliphatic carbocycles. The zero-order chi connectivity index (χ0) is 16.3. The molecule has 2 aromatic rings. The number of carboxylic acid groups (broad SMARTS) is 1. The predicted octanol–water partition coefficient (Wildman–Crippen LogP) is 1.60. The average molecular weight is 303 g/mol. The van der Waals surface area contributed by atoms with Gasteiger partial charge in [-0.1, -0.05) is 12.1 Å². The number of nitrogens with zero attached hydrogens (tertiary/aromatic N) is 1. The second-order valence-corrected chi connectivity index (χ2v) is 4.82. The molecular weight excluding hydrogens is 286 g/mol. The molecule has 1 aromatic heterocycles. The summed E-state index contributed by atoms with van der Waals surface area (Å²) in [5.74, 6) is -0.436. The Morgan fingerprint density at radius 1 is 1.41 bits per heavy atom. The molecule has 0 bridgehead atoms. The quantitative estimate of drug-likeness (QED) is 0.778. The van der Waals surface area contributed by atoms with E-state index in [1.807, 2.05) is 18.2 Å². The van der Waals surface area contributed by atoms with E-state index in [-0.39, 0.29) is 5.69 Å². The zero-order valence-electron chi connectivity index (χ0n) is 12.5. The van der Waals surface area contributed by atoms with Crippen LogP contribution in [0.5, 0.6) is 5.75 Å². The molecule has 0 aliphatic heterocycles. The Kier molecular flexibility index (Phi) is 4.45. The molecule has 0 spiro atoms. The number of hydrogen-bond acceptors (Lipinski definition) is 4. The van der Waals surface area contributed by atoms with E-state index in [0.29, 0.717) is 17.3 Å². The van der Waals surface area contributed by atoms with Gasteiger partial charge in [-0.3, -0.25) is 9.59 Å². The van der Waals surface area contributed by atoms with Crippen molar-refractivity contribution in [3.05, 3.63) is 35.7 Å². The molecule has 0 fully saturated rings. The lowest BCUT2D eigenvalue weighted by Gasteiger charge is -2.07. The topological polar surface area (TPSA) is 104 Å². The Labute approximate surface area is 127 Å². The number of carboxylic acids is 1. The van der Waals surface area contributed by atoms with Gasteiger partial charge in [0.15, 0.2) is 0 Å². The van der Waals surface area contributed by atoms with Gasteiger partial charge >= 0.3 is 5.97 Å². The summed E-state index contributed by atoms with van der Waals surface area (Å²) >= 11 is 0. The minimum absolute atomic E-state index is 0.172. The van der Waals surface area contributed by atoms with E-state index in [1.54, 1.807) is 20.1 Å². The molecule has 1 amide bonds. The minimum atomic E-state index is -1.10. The Bertz CT molecular complexity index is 709. The van der Waals surface area contributed by atoms with Crippen LogP contribution < -0.4 is 10.1 Å². The molecule has 22 heavy (non-hydrogen) atoms. The number of aliphatic carboxylic acids is 1. The van der Waals surface area contributed by atoms with Crippen LogP contribution >= 0.6 is 0 Å². The first-order chi connectivity index (χ1) is 10.4. The smallest absolute Gasteiger partial charge is 0.325 e. The van der Waals surface area contributed by atoms with Crippen molar-refractivity contribution in [1.82, 2.24) is 15.3 Å². The van der Waals surface area contributed by atoms with Crippen LogP contribution in [-0.2, 0) is 4.79 Å². The number of imidazole rings is 1. The first-order valence-corrected chi connectivity index (χ1v) is 6.67. The van der Waals surface area contributed by atoms with E-state index in [0.717, 1.165) is 5.56 Å². The first-order valence-electron chi connectivity index (χ1n) is 6.67. The predicted molar refractivity (Wildman–Crippen MR) is 79.9 cm³/mol. The molecule has 7 heteroatoms. The Balaban J connectivity index is 2.27. The number of aryl methyl sites for hydroxylation is 1. The molecule has 0 radical (unpaired) electrons. The molecule has 1 aromatic carbocycles. The number of H-pyrrole nitrogens is 1. The van der Waals surface area contributed by atoms with E-state index in [2.05, 4.69) is 15.3 Å². The second-order valence-electron chi connectivity index (χ2n) is 4.82. The van der Waals surface area contributed by atoms with Gasteiger partial charge in [0.25, 0.3) is 5.91 Å². The summed E-state index contributed by atoms with van der Waals surface area (Å²) in [5, 5.41) is 11.2. The fourth-order valence-electron chi connectivity index (χ4n) is 1.92. The highest BCUT2D eigenvalue weighted by atomic mass is 16.5. The van der Waals surface area contributed by atoms with Gasteiger partial charge in [-0.15, -0.1) is 0 Å². The Morgan fingerprint density at radius 3 is 2.77 bits per heavy atom. The minimum Gasteiger partial charge on any atom is -0.497 e. The molecule has 1 heterocycles.